The van der Waals surface area contributed by atoms with Crippen LogP contribution in [-0.2, 0) is 26.3 Å². The maximum Gasteiger partial charge on any atom is 0.339 e. The van der Waals surface area contributed by atoms with Gasteiger partial charge in [-0.3, -0.25) is 9.69 Å². The standard InChI is InChI=1S/C57H67N3O5/c1-30-15-17-38-37-13-5-11-33-26-34-16-19-43-35-27-36-29-60(43)50(34)48(46(33)37)40-21-22-55-52(51(61)39-18-20-42(36)59(28-35)44(39)25-31-8-3-2-4-9-31)64-54(63)56(55,49(38)40)45(24-30)57(55)41-14-6-10-32(12-7-23-58)47(41)53(62)65-57/h5-6,10,13-17,19,30-31,33,35-39,42-46,48,61H,2-4,7-9,11-12,18,20-29,58H2,1H3. The van der Waals surface area contributed by atoms with E-state index in [9.17, 15) is 5.11 Å². The number of ether oxygens (including phenoxy) is 2. The topological polar surface area (TPSA) is 105 Å². The predicted octanol–water partition coefficient (Wildman–Crippen LogP) is 9.59. The Morgan fingerprint density at radius 2 is 1.86 bits per heavy atom. The van der Waals surface area contributed by atoms with E-state index in [2.05, 4.69) is 71.4 Å². The third-order valence-corrected chi connectivity index (χ3v) is 21.7. The van der Waals surface area contributed by atoms with Crippen molar-refractivity contribution in [3.63, 3.8) is 0 Å². The first kappa shape index (κ1) is 39.1. The average Bonchev–Trinajstić information content (AvgIpc) is 3.78. The summed E-state index contributed by atoms with van der Waals surface area (Å²) in [7, 11) is 0. The van der Waals surface area contributed by atoms with Crippen molar-refractivity contribution in [1.29, 1.82) is 0 Å². The zero-order chi connectivity index (χ0) is 43.3. The molecule has 0 amide bonds. The number of benzene rings is 1. The number of fused-ring (bicyclic) bond motifs is 9. The first-order chi connectivity index (χ1) is 31.8. The highest BCUT2D eigenvalue weighted by Crippen LogP contribution is 2.88. The molecule has 6 fully saturated rings. The van der Waals surface area contributed by atoms with Crippen LogP contribution in [0.1, 0.15) is 125 Å². The lowest BCUT2D eigenvalue weighted by Crippen LogP contribution is -2.78. The first-order valence-electron chi connectivity index (χ1n) is 26.5. The summed E-state index contributed by atoms with van der Waals surface area (Å²) in [6, 6.07) is 7.37. The van der Waals surface area contributed by atoms with Gasteiger partial charge in [0.15, 0.2) is 11.4 Å². The molecule has 4 saturated heterocycles. The van der Waals surface area contributed by atoms with Gasteiger partial charge < -0.3 is 25.2 Å². The summed E-state index contributed by atoms with van der Waals surface area (Å²) in [6.45, 7) is 5.01. The molecular formula is C57H67N3O5. The maximum absolute atomic E-state index is 16.3. The molecule has 8 heteroatoms. The van der Waals surface area contributed by atoms with Crippen LogP contribution in [0.3, 0.4) is 0 Å². The SMILES string of the molecule is CC1C=CC2C3=C4CCC56C(=C(O)C7CCC8C9CC(CN8C7CC7CCCCC7)C7C=CC8=C(C4C4C(CC=CC24)C8)N7C9)OC(=O)C35C(C1)C61OC(=O)c2c(CCCN)cccc21. The van der Waals surface area contributed by atoms with Crippen LogP contribution in [-0.4, -0.2) is 64.6 Å². The third kappa shape index (κ3) is 4.51. The van der Waals surface area contributed by atoms with Gasteiger partial charge in [0.05, 0.1) is 17.0 Å². The quantitative estimate of drug-likeness (QED) is 0.223. The third-order valence-electron chi connectivity index (χ3n) is 21.7. The Morgan fingerprint density at radius 1 is 0.969 bits per heavy atom. The second-order valence-corrected chi connectivity index (χ2v) is 24.0. The Hall–Kier alpha value is -3.88. The largest absolute Gasteiger partial charge is 0.508 e. The van der Waals surface area contributed by atoms with E-state index in [4.69, 9.17) is 15.2 Å². The fourth-order valence-corrected chi connectivity index (χ4v) is 19.8. The van der Waals surface area contributed by atoms with Gasteiger partial charge in [-0.2, -0.15) is 0 Å². The smallest absolute Gasteiger partial charge is 0.339 e. The summed E-state index contributed by atoms with van der Waals surface area (Å²) in [6.07, 6.45) is 31.8. The lowest BCUT2D eigenvalue weighted by molar-refractivity contribution is -0.282. The fraction of sp³-hybridized carbons (Fsp3) is 0.649. The number of esters is 2. The maximum atomic E-state index is 16.3. The molecule has 7 aliphatic carbocycles. The van der Waals surface area contributed by atoms with Crippen molar-refractivity contribution in [3.05, 3.63) is 105 Å². The summed E-state index contributed by atoms with van der Waals surface area (Å²) in [5.41, 5.74) is 11.3. The van der Waals surface area contributed by atoms with Gasteiger partial charge in [0, 0.05) is 60.1 Å². The molecule has 16 unspecified atom stereocenters. The molecule has 15 rings (SSSR count). The van der Waals surface area contributed by atoms with Crippen LogP contribution in [0.5, 0.6) is 0 Å². The zero-order valence-electron chi connectivity index (χ0n) is 38.3. The van der Waals surface area contributed by atoms with Crippen LogP contribution >= 0.6 is 0 Å². The van der Waals surface area contributed by atoms with Gasteiger partial charge in [0.25, 0.3) is 0 Å². The van der Waals surface area contributed by atoms with Crippen LogP contribution < -0.4 is 5.73 Å². The Balaban J connectivity index is 1.05. The number of hydrogen-bond acceptors (Lipinski definition) is 8. The minimum atomic E-state index is -1.15. The molecule has 16 atom stereocenters. The van der Waals surface area contributed by atoms with Gasteiger partial charge >= 0.3 is 11.9 Å². The number of allylic oxidation sites excluding steroid dienone is 7. The Bertz CT molecular complexity index is 2520. The van der Waals surface area contributed by atoms with Crippen molar-refractivity contribution >= 4 is 11.9 Å². The van der Waals surface area contributed by atoms with E-state index >= 15 is 9.59 Å². The molecule has 0 aromatic heterocycles. The van der Waals surface area contributed by atoms with E-state index in [1.807, 2.05) is 0 Å². The van der Waals surface area contributed by atoms with Gasteiger partial charge in [-0.15, -0.1) is 0 Å². The van der Waals surface area contributed by atoms with Crippen LogP contribution in [0.2, 0.25) is 0 Å². The van der Waals surface area contributed by atoms with Crippen molar-refractivity contribution in [3.8, 4) is 0 Å². The lowest BCUT2D eigenvalue weighted by Gasteiger charge is -2.73. The zero-order valence-corrected chi connectivity index (χ0v) is 38.3. The summed E-state index contributed by atoms with van der Waals surface area (Å²) in [5, 5.41) is 13.8. The number of nitrogens with two attached hydrogens (primary N) is 1. The molecule has 1 aromatic rings. The van der Waals surface area contributed by atoms with Gasteiger partial charge in [-0.1, -0.05) is 99.3 Å². The van der Waals surface area contributed by atoms with Crippen molar-refractivity contribution < 1.29 is 24.2 Å². The molecule has 14 aliphatic rings. The molecule has 65 heavy (non-hydrogen) atoms. The molecule has 2 saturated carbocycles. The molecule has 7 heterocycles. The summed E-state index contributed by atoms with van der Waals surface area (Å²) in [5.74, 6) is 3.26. The fourth-order valence-electron chi connectivity index (χ4n) is 19.8. The predicted molar refractivity (Wildman–Crippen MR) is 246 cm³/mol. The van der Waals surface area contributed by atoms with Crippen LogP contribution in [0.15, 0.2) is 88.6 Å². The number of rotatable bonds is 5. The Labute approximate surface area is 384 Å². The highest BCUT2D eigenvalue weighted by molar-refractivity contribution is 6.00. The second kappa shape index (κ2) is 13.4. The Kier molecular flexibility index (Phi) is 8.08. The molecule has 8 nitrogen and oxygen atoms in total. The summed E-state index contributed by atoms with van der Waals surface area (Å²) < 4.78 is 14.5. The normalized spacial score (nSPS) is 46.7. The monoisotopic (exact) mass is 874 g/mol. The lowest BCUT2D eigenvalue weighted by atomic mass is 9.27. The first-order valence-corrected chi connectivity index (χ1v) is 26.5. The van der Waals surface area contributed by atoms with Crippen molar-refractivity contribution in [2.75, 3.05) is 19.6 Å². The van der Waals surface area contributed by atoms with E-state index in [-0.39, 0.29) is 53.5 Å². The number of carbonyl (C=O) groups is 2. The molecule has 0 radical (unpaired) electrons. The number of nitrogens with zero attached hydrogens (tertiary/aromatic N) is 2. The summed E-state index contributed by atoms with van der Waals surface area (Å²) in [4.78, 5) is 37.2. The average molecular weight is 874 g/mol. The molecule has 1 aromatic carbocycles. The number of hydrogen-bond donors (Lipinski definition) is 2. The molecule has 3 N–H and O–H groups in total. The van der Waals surface area contributed by atoms with Crippen molar-refractivity contribution in [2.45, 2.75) is 133 Å². The van der Waals surface area contributed by atoms with Crippen LogP contribution in [0.25, 0.3) is 0 Å². The highest BCUT2D eigenvalue weighted by atomic mass is 16.6. The van der Waals surface area contributed by atoms with Gasteiger partial charge in [-0.05, 0) is 135 Å². The Morgan fingerprint density at radius 3 is 2.74 bits per heavy atom. The van der Waals surface area contributed by atoms with Crippen molar-refractivity contribution in [2.24, 2.45) is 81.7 Å². The molecular weight excluding hydrogens is 807 g/mol. The van der Waals surface area contributed by atoms with E-state index in [1.54, 1.807) is 11.3 Å². The van der Waals surface area contributed by atoms with E-state index in [0.29, 0.717) is 84.6 Å². The number of aliphatic hydroxyl groups excluding tert-OH is 1. The minimum absolute atomic E-state index is 0.0322. The van der Waals surface area contributed by atoms with Crippen LogP contribution in [0.4, 0.5) is 0 Å². The van der Waals surface area contributed by atoms with E-state index in [1.165, 1.54) is 49.7 Å². The number of piperidine rings is 3. The number of aliphatic hydroxyl groups is 1. The minimum Gasteiger partial charge on any atom is -0.508 e. The molecule has 7 bridgehead atoms. The van der Waals surface area contributed by atoms with E-state index < -0.39 is 16.4 Å². The van der Waals surface area contributed by atoms with Crippen molar-refractivity contribution in [1.82, 2.24) is 9.80 Å². The number of aryl methyl sites for hydroxylation is 1. The van der Waals surface area contributed by atoms with Crippen LogP contribution in [0, 0.1) is 75.9 Å². The number of carbonyl (C=O) groups excluding carboxylic acids is 2. The molecule has 7 aliphatic heterocycles. The molecule has 340 valence electrons. The summed E-state index contributed by atoms with van der Waals surface area (Å²) >= 11 is 0. The van der Waals surface area contributed by atoms with Gasteiger partial charge in [0.1, 0.15) is 11.2 Å². The van der Waals surface area contributed by atoms with Gasteiger partial charge in [0.2, 0.25) is 0 Å². The van der Waals surface area contributed by atoms with E-state index in [0.717, 1.165) is 69.2 Å². The molecule has 3 spiro atoms. The second-order valence-electron chi connectivity index (χ2n) is 24.0. The van der Waals surface area contributed by atoms with Gasteiger partial charge in [-0.25, -0.2) is 4.79 Å². The highest BCUT2D eigenvalue weighted by Gasteiger charge is 2.94.